The van der Waals surface area contributed by atoms with Crippen LogP contribution >= 0.6 is 0 Å². The second-order valence-electron chi connectivity index (χ2n) is 1.28. The molecule has 0 amide bonds. The number of anilines is 1. The van der Waals surface area contributed by atoms with Gasteiger partial charge in [-0.25, -0.2) is 0 Å². The van der Waals surface area contributed by atoms with Crippen molar-refractivity contribution in [3.63, 3.8) is 0 Å². The lowest BCUT2D eigenvalue weighted by Gasteiger charge is -1.83. The average Bonchev–Trinajstić information content (AvgIpc) is 1.69. The average molecular weight is 281 g/mol. The Morgan fingerprint density at radius 1 is 0.556 bits per heavy atom. The van der Waals surface area contributed by atoms with Crippen molar-refractivity contribution in [2.45, 2.75) is 0 Å². The van der Waals surface area contributed by atoms with Gasteiger partial charge < -0.3 is 73.4 Å². The van der Waals surface area contributed by atoms with Gasteiger partial charge in [-0.3, -0.25) is 4.98 Å². The van der Waals surface area contributed by atoms with Gasteiger partial charge in [0, 0.05) is 18.1 Å². The van der Waals surface area contributed by atoms with Gasteiger partial charge in [0.15, 0.2) is 0 Å². The summed E-state index contributed by atoms with van der Waals surface area (Å²) < 4.78 is 0. The fourth-order valence-electron chi connectivity index (χ4n) is 0.363. The lowest BCUT2D eigenvalue weighted by atomic mass is 10.4. The first-order valence-electron chi connectivity index (χ1n) is 2.05. The summed E-state index contributed by atoms with van der Waals surface area (Å²) >= 11 is 0. The van der Waals surface area contributed by atoms with E-state index in [1.807, 2.05) is 0 Å². The second-order valence-corrected chi connectivity index (χ2v) is 1.28. The molecule has 124 valence electrons. The summed E-state index contributed by atoms with van der Waals surface area (Å²) in [6.07, 6.45) is 3.32. The van der Waals surface area contributed by atoms with Crippen molar-refractivity contribution >= 4 is 5.69 Å². The van der Waals surface area contributed by atoms with Gasteiger partial charge in [-0.05, 0) is 12.1 Å². The monoisotopic (exact) mass is 281 g/mol. The molecule has 0 aliphatic heterocycles. The third kappa shape index (κ3) is 62.5. The number of nitrogens with zero attached hydrogens (tertiary/aromatic N) is 1. The van der Waals surface area contributed by atoms with Gasteiger partial charge in [0.1, 0.15) is 0 Å². The molecule has 0 bridgehead atoms. The molecule has 0 aromatic carbocycles. The number of nitrogens with two attached hydrogens (primary N) is 1. The molecular formula is C5H39N13. The van der Waals surface area contributed by atoms with Crippen LogP contribution in [0.2, 0.25) is 0 Å². The van der Waals surface area contributed by atoms with Crippen molar-refractivity contribution in [1.29, 1.82) is 0 Å². The van der Waals surface area contributed by atoms with E-state index in [0.29, 0.717) is 0 Å². The van der Waals surface area contributed by atoms with E-state index >= 15 is 0 Å². The zero-order valence-electron chi connectivity index (χ0n) is 11.6. The lowest BCUT2D eigenvalue weighted by Crippen LogP contribution is -1.81. The van der Waals surface area contributed by atoms with Crippen molar-refractivity contribution in [1.82, 2.24) is 72.6 Å². The Labute approximate surface area is 109 Å². The van der Waals surface area contributed by atoms with E-state index in [1.165, 1.54) is 0 Å². The number of aromatic nitrogens is 1. The van der Waals surface area contributed by atoms with Crippen molar-refractivity contribution < 1.29 is 0 Å². The molecule has 0 saturated carbocycles. The summed E-state index contributed by atoms with van der Waals surface area (Å²) in [4.78, 5) is 3.77. The molecule has 1 rings (SSSR count). The van der Waals surface area contributed by atoms with Crippen LogP contribution in [0.15, 0.2) is 24.5 Å². The summed E-state index contributed by atoms with van der Waals surface area (Å²) in [7, 11) is 0. The molecule has 0 aliphatic carbocycles. The van der Waals surface area contributed by atoms with Crippen LogP contribution in [0.1, 0.15) is 0 Å². The van der Waals surface area contributed by atoms with Gasteiger partial charge in [0.2, 0.25) is 0 Å². The van der Waals surface area contributed by atoms with E-state index < -0.39 is 0 Å². The van der Waals surface area contributed by atoms with Crippen LogP contribution in [-0.2, 0) is 0 Å². The highest BCUT2D eigenvalue weighted by Crippen LogP contribution is 1.92. The Morgan fingerprint density at radius 3 is 0.889 bits per heavy atom. The molecule has 0 unspecified atom stereocenters. The van der Waals surface area contributed by atoms with Gasteiger partial charge >= 0.3 is 0 Å². The van der Waals surface area contributed by atoms with E-state index in [-0.39, 0.29) is 67.7 Å². The molecule has 1 aromatic rings. The highest BCUT2D eigenvalue weighted by molar-refractivity contribution is 5.33. The normalized spacial score (nSPS) is 3.33. The Morgan fingerprint density at radius 2 is 0.778 bits per heavy atom. The quantitative estimate of drug-likeness (QED) is 0.325. The first-order chi connectivity index (χ1) is 3.39. The third-order valence-electron chi connectivity index (χ3n) is 0.706. The molecule has 1 heterocycles. The molecule has 0 saturated heterocycles. The van der Waals surface area contributed by atoms with Crippen molar-refractivity contribution in [2.75, 3.05) is 5.73 Å². The molecule has 0 fully saturated rings. The highest BCUT2D eigenvalue weighted by Gasteiger charge is 1.73. The van der Waals surface area contributed by atoms with Crippen LogP contribution in [0.4, 0.5) is 5.69 Å². The van der Waals surface area contributed by atoms with Crippen LogP contribution in [0.25, 0.3) is 0 Å². The SMILES string of the molecule is N.N.N.N.N.N.N.N.N.N.N.Nc1ccncc1. The third-order valence-corrected chi connectivity index (χ3v) is 0.706. The Kier molecular flexibility index (Phi) is 560. The Balaban J connectivity index is -0.00000000495. The van der Waals surface area contributed by atoms with Crippen LogP contribution in [0.3, 0.4) is 0 Å². The van der Waals surface area contributed by atoms with Crippen molar-refractivity contribution in [3.05, 3.63) is 24.5 Å². The number of hydrogen-bond acceptors (Lipinski definition) is 13. The summed E-state index contributed by atoms with van der Waals surface area (Å²) in [5.41, 5.74) is 6.08. The van der Waals surface area contributed by atoms with E-state index in [0.717, 1.165) is 5.69 Å². The molecule has 18 heavy (non-hydrogen) atoms. The first kappa shape index (κ1) is 131. The molecule has 13 nitrogen and oxygen atoms in total. The second kappa shape index (κ2) is 77.1. The van der Waals surface area contributed by atoms with Gasteiger partial charge in [0.05, 0.1) is 0 Å². The molecule has 0 radical (unpaired) electrons. The van der Waals surface area contributed by atoms with Crippen LogP contribution in [-0.4, -0.2) is 4.98 Å². The van der Waals surface area contributed by atoms with Crippen molar-refractivity contribution in [3.8, 4) is 0 Å². The summed E-state index contributed by atoms with van der Waals surface area (Å²) in [6.45, 7) is 0. The number of nitrogen functional groups attached to an aromatic ring is 1. The maximum Gasteiger partial charge on any atom is 0.0344 e. The summed E-state index contributed by atoms with van der Waals surface area (Å²) in [6, 6.07) is 3.50. The van der Waals surface area contributed by atoms with Gasteiger partial charge in [-0.2, -0.15) is 0 Å². The topological polar surface area (TPSA) is 424 Å². The molecule has 0 atom stereocenters. The number of pyridine rings is 1. The standard InChI is InChI=1S/C5H6N2.11H3N/c6-5-1-3-7-4-2-5;;;;;;;;;;;/h1-4H,(H2,6,7);11*1H3. The largest absolute Gasteiger partial charge is 0.399 e. The molecular weight excluding hydrogens is 242 g/mol. The minimum absolute atomic E-state index is 0. The maximum absolute atomic E-state index is 5.32. The Hall–Kier alpha value is -1.49. The summed E-state index contributed by atoms with van der Waals surface area (Å²) in [5.74, 6) is 0. The van der Waals surface area contributed by atoms with Crippen LogP contribution < -0.4 is 73.4 Å². The van der Waals surface area contributed by atoms with Crippen LogP contribution in [0.5, 0.6) is 0 Å². The van der Waals surface area contributed by atoms with Gasteiger partial charge in [0.25, 0.3) is 0 Å². The highest BCUT2D eigenvalue weighted by atomic mass is 14.6. The fourth-order valence-corrected chi connectivity index (χ4v) is 0.363. The number of rotatable bonds is 0. The molecule has 1 aromatic heterocycles. The van der Waals surface area contributed by atoms with E-state index in [2.05, 4.69) is 4.98 Å². The minimum Gasteiger partial charge on any atom is -0.399 e. The number of hydrogen-bond donors (Lipinski definition) is 12. The van der Waals surface area contributed by atoms with Gasteiger partial charge in [-0.15, -0.1) is 0 Å². The van der Waals surface area contributed by atoms with E-state index in [4.69, 9.17) is 5.73 Å². The van der Waals surface area contributed by atoms with Crippen molar-refractivity contribution in [2.24, 2.45) is 0 Å². The lowest BCUT2D eigenvalue weighted by molar-refractivity contribution is 1.33. The van der Waals surface area contributed by atoms with E-state index in [9.17, 15) is 0 Å². The first-order valence-corrected chi connectivity index (χ1v) is 2.05. The predicted octanol–water partition coefficient (Wildman–Crippen LogP) is 2.45. The fraction of sp³-hybridized carbons (Fsp3) is 0. The Bertz CT molecular complexity index is 145. The predicted molar refractivity (Wildman–Crippen MR) is 83.9 cm³/mol. The van der Waals surface area contributed by atoms with E-state index in [1.54, 1.807) is 24.5 Å². The maximum atomic E-state index is 5.32. The zero-order chi connectivity index (χ0) is 5.11. The molecule has 13 heteroatoms. The molecule has 0 aliphatic rings. The minimum atomic E-state index is 0. The zero-order valence-corrected chi connectivity index (χ0v) is 11.6. The summed E-state index contributed by atoms with van der Waals surface area (Å²) in [5, 5.41) is 0. The molecule has 35 N–H and O–H groups in total. The van der Waals surface area contributed by atoms with Crippen LogP contribution in [0, 0.1) is 0 Å². The molecule has 0 spiro atoms. The van der Waals surface area contributed by atoms with Gasteiger partial charge in [-0.1, -0.05) is 0 Å². The smallest absolute Gasteiger partial charge is 0.0344 e.